The maximum Gasteiger partial charge on any atom is 0.0243 e. The van der Waals surface area contributed by atoms with Gasteiger partial charge >= 0.3 is 0 Å². The summed E-state index contributed by atoms with van der Waals surface area (Å²) in [6, 6.07) is 0.627. The predicted octanol–water partition coefficient (Wildman–Crippen LogP) is 3.91. The lowest BCUT2D eigenvalue weighted by atomic mass is 9.75. The first-order valence-electron chi connectivity index (χ1n) is 8.96. The zero-order valence-electron chi connectivity index (χ0n) is 14.3. The van der Waals surface area contributed by atoms with Gasteiger partial charge in [0, 0.05) is 19.1 Å². The van der Waals surface area contributed by atoms with Crippen LogP contribution >= 0.6 is 0 Å². The van der Waals surface area contributed by atoms with Gasteiger partial charge in [-0.3, -0.25) is 0 Å². The number of hydrogen-bond acceptors (Lipinski definition) is 2. The van der Waals surface area contributed by atoms with Crippen LogP contribution in [0.3, 0.4) is 0 Å². The number of fused-ring (bicyclic) bond motifs is 1. The van der Waals surface area contributed by atoms with Gasteiger partial charge in [-0.25, -0.2) is 0 Å². The summed E-state index contributed by atoms with van der Waals surface area (Å²) < 4.78 is 0. The smallest absolute Gasteiger partial charge is 0.0243 e. The first kappa shape index (κ1) is 16.3. The molecule has 3 atom stereocenters. The Labute approximate surface area is 126 Å². The van der Waals surface area contributed by atoms with Gasteiger partial charge in [-0.1, -0.05) is 47.0 Å². The fourth-order valence-corrected chi connectivity index (χ4v) is 4.06. The van der Waals surface area contributed by atoms with E-state index in [4.69, 9.17) is 0 Å². The van der Waals surface area contributed by atoms with Gasteiger partial charge in [0.2, 0.25) is 0 Å². The normalized spacial score (nSPS) is 30.0. The Morgan fingerprint density at radius 1 is 1.10 bits per heavy atom. The van der Waals surface area contributed by atoms with E-state index in [0.29, 0.717) is 11.5 Å². The largest absolute Gasteiger partial charge is 0.312 e. The maximum atomic E-state index is 3.79. The van der Waals surface area contributed by atoms with Crippen molar-refractivity contribution in [2.45, 2.75) is 72.3 Å². The Kier molecular flexibility index (Phi) is 5.92. The van der Waals surface area contributed by atoms with Crippen molar-refractivity contribution in [1.29, 1.82) is 0 Å². The van der Waals surface area contributed by atoms with E-state index >= 15 is 0 Å². The molecule has 118 valence electrons. The Hall–Kier alpha value is -0.0800. The Morgan fingerprint density at radius 3 is 2.45 bits per heavy atom. The van der Waals surface area contributed by atoms with Crippen molar-refractivity contribution in [2.75, 3.05) is 26.2 Å². The third-order valence-electron chi connectivity index (χ3n) is 5.50. The molecule has 1 aliphatic carbocycles. The van der Waals surface area contributed by atoms with Gasteiger partial charge in [-0.05, 0) is 49.6 Å². The highest BCUT2D eigenvalue weighted by Crippen LogP contribution is 2.36. The Balaban J connectivity index is 1.86. The average molecular weight is 280 g/mol. The molecule has 0 aromatic heterocycles. The van der Waals surface area contributed by atoms with E-state index in [1.807, 2.05) is 0 Å². The van der Waals surface area contributed by atoms with Crippen molar-refractivity contribution in [3.8, 4) is 0 Å². The molecular weight excluding hydrogens is 244 g/mol. The van der Waals surface area contributed by atoms with Gasteiger partial charge in [-0.2, -0.15) is 0 Å². The third-order valence-corrected chi connectivity index (χ3v) is 5.50. The number of hydrogen-bond donors (Lipinski definition) is 1. The SMILES string of the molecule is CCCNC(CN1CCC2CCCCC2C1)C(C)(C)C. The molecule has 2 rings (SSSR count). The van der Waals surface area contributed by atoms with Crippen LogP contribution in [0.1, 0.15) is 66.2 Å². The summed E-state index contributed by atoms with van der Waals surface area (Å²) in [5.74, 6) is 2.06. The fourth-order valence-electron chi connectivity index (χ4n) is 4.06. The number of nitrogens with one attached hydrogen (secondary N) is 1. The van der Waals surface area contributed by atoms with Gasteiger partial charge in [0.05, 0.1) is 0 Å². The first-order valence-corrected chi connectivity index (χ1v) is 8.96. The van der Waals surface area contributed by atoms with Gasteiger partial charge in [0.15, 0.2) is 0 Å². The quantitative estimate of drug-likeness (QED) is 0.821. The minimum Gasteiger partial charge on any atom is -0.312 e. The van der Waals surface area contributed by atoms with E-state index in [-0.39, 0.29) is 0 Å². The molecule has 1 saturated heterocycles. The van der Waals surface area contributed by atoms with E-state index < -0.39 is 0 Å². The summed E-state index contributed by atoms with van der Waals surface area (Å²) >= 11 is 0. The van der Waals surface area contributed by atoms with E-state index in [1.54, 1.807) is 0 Å². The molecule has 1 N–H and O–H groups in total. The highest BCUT2D eigenvalue weighted by molar-refractivity contribution is 4.88. The van der Waals surface area contributed by atoms with Crippen LogP contribution in [0.25, 0.3) is 0 Å². The highest BCUT2D eigenvalue weighted by Gasteiger charge is 2.33. The summed E-state index contributed by atoms with van der Waals surface area (Å²) in [5, 5.41) is 3.79. The summed E-state index contributed by atoms with van der Waals surface area (Å²) in [7, 11) is 0. The third kappa shape index (κ3) is 4.46. The van der Waals surface area contributed by atoms with E-state index in [9.17, 15) is 0 Å². The molecular formula is C18H36N2. The topological polar surface area (TPSA) is 15.3 Å². The van der Waals surface area contributed by atoms with Gasteiger partial charge in [-0.15, -0.1) is 0 Å². The minimum atomic E-state index is 0.360. The van der Waals surface area contributed by atoms with Crippen LogP contribution < -0.4 is 5.32 Å². The second-order valence-corrected chi connectivity index (χ2v) is 8.23. The second-order valence-electron chi connectivity index (χ2n) is 8.23. The molecule has 0 bridgehead atoms. The Morgan fingerprint density at radius 2 is 1.80 bits per heavy atom. The van der Waals surface area contributed by atoms with Crippen molar-refractivity contribution >= 4 is 0 Å². The molecule has 20 heavy (non-hydrogen) atoms. The van der Waals surface area contributed by atoms with Crippen molar-refractivity contribution in [1.82, 2.24) is 10.2 Å². The van der Waals surface area contributed by atoms with Crippen LogP contribution in [0.4, 0.5) is 0 Å². The van der Waals surface area contributed by atoms with E-state index in [1.165, 1.54) is 58.2 Å². The van der Waals surface area contributed by atoms with E-state index in [0.717, 1.165) is 18.4 Å². The number of piperidine rings is 1. The van der Waals surface area contributed by atoms with Crippen LogP contribution in [0, 0.1) is 17.3 Å². The molecule has 0 amide bonds. The molecule has 2 heteroatoms. The lowest BCUT2D eigenvalue weighted by Gasteiger charge is -2.44. The van der Waals surface area contributed by atoms with Crippen LogP contribution in [0.5, 0.6) is 0 Å². The summed E-state index contributed by atoms with van der Waals surface area (Å²) in [6.07, 6.45) is 8.65. The molecule has 3 unspecified atom stereocenters. The molecule has 1 aliphatic heterocycles. The van der Waals surface area contributed by atoms with Crippen molar-refractivity contribution < 1.29 is 0 Å². The van der Waals surface area contributed by atoms with Gasteiger partial charge < -0.3 is 10.2 Å². The van der Waals surface area contributed by atoms with Gasteiger partial charge in [0.1, 0.15) is 0 Å². The molecule has 1 heterocycles. The van der Waals surface area contributed by atoms with Crippen LogP contribution in [-0.4, -0.2) is 37.1 Å². The summed E-state index contributed by atoms with van der Waals surface area (Å²) in [4.78, 5) is 2.76. The first-order chi connectivity index (χ1) is 9.50. The number of nitrogens with zero attached hydrogens (tertiary/aromatic N) is 1. The summed E-state index contributed by atoms with van der Waals surface area (Å²) in [6.45, 7) is 14.5. The van der Waals surface area contributed by atoms with Crippen molar-refractivity contribution in [2.24, 2.45) is 17.3 Å². The minimum absolute atomic E-state index is 0.360. The lowest BCUT2D eigenvalue weighted by molar-refractivity contribution is 0.0666. The summed E-state index contributed by atoms with van der Waals surface area (Å²) in [5.41, 5.74) is 0.360. The number of rotatable bonds is 5. The Bertz CT molecular complexity index is 282. The fraction of sp³-hybridized carbons (Fsp3) is 1.00. The molecule has 2 nitrogen and oxygen atoms in total. The molecule has 0 aromatic carbocycles. The second kappa shape index (κ2) is 7.26. The standard InChI is InChI=1S/C18H36N2/c1-5-11-19-17(18(2,3)4)14-20-12-10-15-8-6-7-9-16(15)13-20/h15-17,19H,5-14H2,1-4H3. The lowest BCUT2D eigenvalue weighted by Crippen LogP contribution is -2.52. The maximum absolute atomic E-state index is 3.79. The molecule has 2 fully saturated rings. The predicted molar refractivity (Wildman–Crippen MR) is 88.0 cm³/mol. The van der Waals surface area contributed by atoms with Crippen molar-refractivity contribution in [3.05, 3.63) is 0 Å². The van der Waals surface area contributed by atoms with Crippen LogP contribution in [-0.2, 0) is 0 Å². The van der Waals surface area contributed by atoms with E-state index in [2.05, 4.69) is 37.9 Å². The van der Waals surface area contributed by atoms with Crippen LogP contribution in [0.15, 0.2) is 0 Å². The van der Waals surface area contributed by atoms with Gasteiger partial charge in [0.25, 0.3) is 0 Å². The zero-order chi connectivity index (χ0) is 14.6. The monoisotopic (exact) mass is 280 g/mol. The highest BCUT2D eigenvalue weighted by atomic mass is 15.2. The average Bonchev–Trinajstić information content (AvgIpc) is 2.42. The molecule has 1 saturated carbocycles. The number of likely N-dealkylation sites (tertiary alicyclic amines) is 1. The molecule has 0 spiro atoms. The molecule has 2 aliphatic rings. The van der Waals surface area contributed by atoms with Crippen molar-refractivity contribution in [3.63, 3.8) is 0 Å². The molecule has 0 aromatic rings. The molecule has 0 radical (unpaired) electrons. The zero-order valence-corrected chi connectivity index (χ0v) is 14.3. The van der Waals surface area contributed by atoms with Crippen LogP contribution in [0.2, 0.25) is 0 Å².